The molecule has 1 aliphatic heterocycles. The molecule has 0 amide bonds. The summed E-state index contributed by atoms with van der Waals surface area (Å²) in [5.74, 6) is 1.73. The first-order valence-corrected chi connectivity index (χ1v) is 6.18. The smallest absolute Gasteiger partial charge is 0.0194 e. The van der Waals surface area contributed by atoms with E-state index in [1.807, 2.05) is 6.92 Å². The largest absolute Gasteiger partial charge is 0.325 e. The molecule has 0 saturated carbocycles. The van der Waals surface area contributed by atoms with Crippen LogP contribution in [0.1, 0.15) is 34.1 Å². The topological polar surface area (TPSA) is 29.3 Å². The third-order valence-corrected chi connectivity index (χ3v) is 3.52. The first kappa shape index (κ1) is 12.7. The van der Waals surface area contributed by atoms with E-state index < -0.39 is 0 Å². The van der Waals surface area contributed by atoms with Gasteiger partial charge in [0.25, 0.3) is 0 Å². The van der Waals surface area contributed by atoms with Crippen molar-refractivity contribution in [1.29, 1.82) is 0 Å². The van der Waals surface area contributed by atoms with Crippen LogP contribution >= 0.6 is 0 Å². The quantitative estimate of drug-likeness (QED) is 0.705. The minimum absolute atomic E-state index is 0.197. The molecule has 0 aromatic heterocycles. The van der Waals surface area contributed by atoms with Crippen LogP contribution in [0.2, 0.25) is 0 Å². The van der Waals surface area contributed by atoms with Crippen LogP contribution in [0.4, 0.5) is 0 Å². The molecule has 2 unspecified atom stereocenters. The van der Waals surface area contributed by atoms with Crippen molar-refractivity contribution >= 4 is 0 Å². The summed E-state index contributed by atoms with van der Waals surface area (Å²) in [6, 6.07) is 0.968. The second-order valence-corrected chi connectivity index (χ2v) is 5.22. The van der Waals surface area contributed by atoms with Gasteiger partial charge in [0.05, 0.1) is 0 Å². The Balaban J connectivity index is 2.15. The zero-order valence-electron chi connectivity index (χ0n) is 10.6. The van der Waals surface area contributed by atoms with Gasteiger partial charge in [0.2, 0.25) is 0 Å². The Labute approximate surface area is 94.5 Å². The molecule has 1 fully saturated rings. The molecule has 3 atom stereocenters. The van der Waals surface area contributed by atoms with Crippen molar-refractivity contribution < 1.29 is 0 Å². The van der Waals surface area contributed by atoms with Crippen LogP contribution in [-0.4, -0.2) is 30.1 Å². The molecule has 88 valence electrons. The summed E-state index contributed by atoms with van der Waals surface area (Å²) in [5.41, 5.74) is 5.64. The highest BCUT2D eigenvalue weighted by molar-refractivity contribution is 4.93. The van der Waals surface area contributed by atoms with Gasteiger partial charge < -0.3 is 5.73 Å². The molecule has 2 heteroatoms. The van der Waals surface area contributed by atoms with Gasteiger partial charge in [-0.3, -0.25) is 4.90 Å². The number of hydrogen-bond acceptors (Lipinski definition) is 2. The lowest BCUT2D eigenvalue weighted by atomic mass is 9.81. The Morgan fingerprint density at radius 3 is 2.53 bits per heavy atom. The molecule has 1 aliphatic rings. The number of hydrogen-bond donors (Lipinski definition) is 1. The summed E-state index contributed by atoms with van der Waals surface area (Å²) in [6.07, 6.45) is 5.43. The van der Waals surface area contributed by atoms with Gasteiger partial charge >= 0.3 is 0 Å². The van der Waals surface area contributed by atoms with Crippen molar-refractivity contribution in [3.63, 3.8) is 0 Å². The van der Waals surface area contributed by atoms with Gasteiger partial charge in [-0.1, -0.05) is 26.0 Å². The number of rotatable bonds is 5. The lowest BCUT2D eigenvalue weighted by Crippen LogP contribution is -2.56. The fraction of sp³-hybridized carbons (Fsp3) is 0.846. The third kappa shape index (κ3) is 3.62. The molecule has 0 aromatic carbocycles. The van der Waals surface area contributed by atoms with Gasteiger partial charge in [-0.15, -0.1) is 0 Å². The summed E-state index contributed by atoms with van der Waals surface area (Å²) in [7, 11) is 0. The molecule has 0 spiro atoms. The molecule has 0 bridgehead atoms. The van der Waals surface area contributed by atoms with Crippen LogP contribution in [0.25, 0.3) is 0 Å². The average Bonchev–Trinajstić information content (AvgIpc) is 2.13. The van der Waals surface area contributed by atoms with Crippen molar-refractivity contribution in [1.82, 2.24) is 4.90 Å². The van der Waals surface area contributed by atoms with Gasteiger partial charge in [0, 0.05) is 25.2 Å². The van der Waals surface area contributed by atoms with E-state index in [0.29, 0.717) is 0 Å². The standard InChI is InChI=1S/C13H26N2/c1-10(2)13-9-15(12(13)4)8-6-5-7-11(3)14/h5,7,10-13H,6,8-9,14H2,1-4H3/b7-5+/t11?,12-,13?/m1/s1. The molecular formula is C13H26N2. The monoisotopic (exact) mass is 210 g/mol. The molecule has 0 aromatic rings. The molecule has 0 radical (unpaired) electrons. The minimum atomic E-state index is 0.197. The lowest BCUT2D eigenvalue weighted by molar-refractivity contribution is 0.00202. The van der Waals surface area contributed by atoms with Crippen LogP contribution in [0.15, 0.2) is 12.2 Å². The number of nitrogens with two attached hydrogens (primary N) is 1. The molecule has 15 heavy (non-hydrogen) atoms. The molecule has 1 saturated heterocycles. The maximum absolute atomic E-state index is 5.64. The number of nitrogens with zero attached hydrogens (tertiary/aromatic N) is 1. The van der Waals surface area contributed by atoms with Crippen molar-refractivity contribution in [2.24, 2.45) is 17.6 Å². The normalized spacial score (nSPS) is 29.7. The lowest BCUT2D eigenvalue weighted by Gasteiger charge is -2.48. The fourth-order valence-corrected chi connectivity index (χ4v) is 2.34. The van der Waals surface area contributed by atoms with E-state index in [4.69, 9.17) is 5.73 Å². The van der Waals surface area contributed by atoms with Gasteiger partial charge in [0.15, 0.2) is 0 Å². The van der Waals surface area contributed by atoms with Crippen LogP contribution in [0, 0.1) is 11.8 Å². The Morgan fingerprint density at radius 2 is 2.07 bits per heavy atom. The van der Waals surface area contributed by atoms with E-state index in [0.717, 1.165) is 24.3 Å². The Kier molecular flexibility index (Phi) is 4.81. The van der Waals surface area contributed by atoms with Gasteiger partial charge in [-0.2, -0.15) is 0 Å². The van der Waals surface area contributed by atoms with E-state index in [-0.39, 0.29) is 6.04 Å². The van der Waals surface area contributed by atoms with Crippen LogP contribution < -0.4 is 5.73 Å². The third-order valence-electron chi connectivity index (χ3n) is 3.52. The summed E-state index contributed by atoms with van der Waals surface area (Å²) < 4.78 is 0. The van der Waals surface area contributed by atoms with Crippen LogP contribution in [0.3, 0.4) is 0 Å². The molecule has 1 heterocycles. The van der Waals surface area contributed by atoms with Crippen molar-refractivity contribution in [3.8, 4) is 0 Å². The summed E-state index contributed by atoms with van der Waals surface area (Å²) in [4.78, 5) is 2.57. The maximum atomic E-state index is 5.64. The van der Waals surface area contributed by atoms with E-state index in [1.54, 1.807) is 0 Å². The second kappa shape index (κ2) is 5.66. The first-order valence-electron chi connectivity index (χ1n) is 6.18. The molecule has 0 aliphatic carbocycles. The Bertz CT molecular complexity index is 209. The second-order valence-electron chi connectivity index (χ2n) is 5.22. The molecular weight excluding hydrogens is 184 g/mol. The Hall–Kier alpha value is -0.340. The highest BCUT2D eigenvalue weighted by atomic mass is 15.2. The van der Waals surface area contributed by atoms with Crippen LogP contribution in [-0.2, 0) is 0 Å². The van der Waals surface area contributed by atoms with Crippen molar-refractivity contribution in [2.75, 3.05) is 13.1 Å². The highest BCUT2D eigenvalue weighted by Gasteiger charge is 2.36. The molecule has 2 N–H and O–H groups in total. The number of likely N-dealkylation sites (tertiary alicyclic amines) is 1. The summed E-state index contributed by atoms with van der Waals surface area (Å²) in [6.45, 7) is 11.5. The summed E-state index contributed by atoms with van der Waals surface area (Å²) in [5, 5.41) is 0. The zero-order chi connectivity index (χ0) is 11.4. The zero-order valence-corrected chi connectivity index (χ0v) is 10.6. The van der Waals surface area contributed by atoms with Crippen molar-refractivity contribution in [2.45, 2.75) is 46.2 Å². The predicted molar refractivity (Wildman–Crippen MR) is 66.8 cm³/mol. The summed E-state index contributed by atoms with van der Waals surface area (Å²) >= 11 is 0. The van der Waals surface area contributed by atoms with E-state index in [9.17, 15) is 0 Å². The first-order chi connectivity index (χ1) is 7.02. The highest BCUT2D eigenvalue weighted by Crippen LogP contribution is 2.30. The van der Waals surface area contributed by atoms with E-state index >= 15 is 0 Å². The molecule has 1 rings (SSSR count). The Morgan fingerprint density at radius 1 is 1.40 bits per heavy atom. The maximum Gasteiger partial charge on any atom is 0.0194 e. The minimum Gasteiger partial charge on any atom is -0.325 e. The predicted octanol–water partition coefficient (Wildman–Crippen LogP) is 2.26. The van der Waals surface area contributed by atoms with Crippen molar-refractivity contribution in [3.05, 3.63) is 12.2 Å². The van der Waals surface area contributed by atoms with Gasteiger partial charge in [0.1, 0.15) is 0 Å². The SMILES string of the molecule is CC(N)/C=C/CCN1CC(C(C)C)[C@H]1C. The van der Waals surface area contributed by atoms with E-state index in [2.05, 4.69) is 37.8 Å². The average molecular weight is 210 g/mol. The molecule has 2 nitrogen and oxygen atoms in total. The van der Waals surface area contributed by atoms with Gasteiger partial charge in [-0.05, 0) is 32.1 Å². The van der Waals surface area contributed by atoms with E-state index in [1.165, 1.54) is 13.1 Å². The van der Waals surface area contributed by atoms with Crippen LogP contribution in [0.5, 0.6) is 0 Å². The van der Waals surface area contributed by atoms with Gasteiger partial charge in [-0.25, -0.2) is 0 Å². The fourth-order valence-electron chi connectivity index (χ4n) is 2.34.